The lowest BCUT2D eigenvalue weighted by atomic mass is 9.98. The molecule has 0 aliphatic carbocycles. The molecule has 1 unspecified atom stereocenters. The molecule has 0 saturated heterocycles. The van der Waals surface area contributed by atoms with Crippen LogP contribution in [0.4, 0.5) is 0 Å². The molecule has 3 rings (SSSR count). The molecule has 0 bridgehead atoms. The molecule has 2 aromatic carbocycles. The van der Waals surface area contributed by atoms with Crippen LogP contribution in [0.2, 0.25) is 0 Å². The normalized spacial score (nSPS) is 14.6. The molecule has 0 radical (unpaired) electrons. The van der Waals surface area contributed by atoms with Crippen molar-refractivity contribution in [1.82, 2.24) is 4.90 Å². The second kappa shape index (κ2) is 6.49. The van der Waals surface area contributed by atoms with Crippen LogP contribution in [0.5, 0.6) is 0 Å². The molecule has 1 aliphatic heterocycles. The van der Waals surface area contributed by atoms with E-state index in [0.717, 1.165) is 9.80 Å². The van der Waals surface area contributed by atoms with Gasteiger partial charge in [0.2, 0.25) is 0 Å². The first-order chi connectivity index (χ1) is 11.5. The van der Waals surface area contributed by atoms with Gasteiger partial charge >= 0.3 is 5.97 Å². The number of nitrogens with zero attached hydrogens (tertiary/aromatic N) is 1. The Balaban J connectivity index is 1.88. The Kier molecular flexibility index (Phi) is 4.40. The highest BCUT2D eigenvalue weighted by molar-refractivity contribution is 7.98. The fourth-order valence-corrected chi connectivity index (χ4v) is 3.16. The van der Waals surface area contributed by atoms with Gasteiger partial charge in [-0.05, 0) is 36.1 Å². The van der Waals surface area contributed by atoms with Crippen molar-refractivity contribution in [3.63, 3.8) is 0 Å². The van der Waals surface area contributed by atoms with Crippen molar-refractivity contribution in [2.24, 2.45) is 0 Å². The number of aliphatic carboxylic acids is 1. The van der Waals surface area contributed by atoms with Crippen molar-refractivity contribution in [3.8, 4) is 0 Å². The maximum atomic E-state index is 12.4. The number of hydrogen-bond acceptors (Lipinski definition) is 4. The summed E-state index contributed by atoms with van der Waals surface area (Å²) in [5.41, 5.74) is 1.21. The first-order valence-corrected chi connectivity index (χ1v) is 8.57. The van der Waals surface area contributed by atoms with Crippen LogP contribution in [0.1, 0.15) is 32.2 Å². The molecule has 1 atom stereocenters. The van der Waals surface area contributed by atoms with Crippen molar-refractivity contribution in [2.75, 3.05) is 12.8 Å². The molecule has 24 heavy (non-hydrogen) atoms. The number of hydrogen-bond donors (Lipinski definition) is 1. The zero-order chi connectivity index (χ0) is 17.3. The minimum absolute atomic E-state index is 0.180. The third-order valence-corrected chi connectivity index (χ3v) is 4.80. The molecule has 0 saturated carbocycles. The lowest BCUT2D eigenvalue weighted by Gasteiger charge is -2.20. The van der Waals surface area contributed by atoms with E-state index in [9.17, 15) is 19.5 Å². The third-order valence-electron chi connectivity index (χ3n) is 4.06. The van der Waals surface area contributed by atoms with E-state index in [-0.39, 0.29) is 6.54 Å². The minimum atomic E-state index is -1.07. The Morgan fingerprint density at radius 3 is 2.04 bits per heavy atom. The van der Waals surface area contributed by atoms with Gasteiger partial charge < -0.3 is 5.11 Å². The zero-order valence-corrected chi connectivity index (χ0v) is 13.7. The number of fused-ring (bicyclic) bond motifs is 1. The first kappa shape index (κ1) is 16.3. The highest BCUT2D eigenvalue weighted by atomic mass is 32.2. The van der Waals surface area contributed by atoms with Crippen molar-refractivity contribution in [2.45, 2.75) is 10.8 Å². The minimum Gasteiger partial charge on any atom is -0.481 e. The van der Waals surface area contributed by atoms with E-state index >= 15 is 0 Å². The Morgan fingerprint density at radius 2 is 1.58 bits per heavy atom. The van der Waals surface area contributed by atoms with E-state index in [1.54, 1.807) is 48.2 Å². The van der Waals surface area contributed by atoms with Crippen LogP contribution < -0.4 is 0 Å². The van der Waals surface area contributed by atoms with Gasteiger partial charge in [-0.15, -0.1) is 11.8 Å². The summed E-state index contributed by atoms with van der Waals surface area (Å²) >= 11 is 1.56. The SMILES string of the molecule is CSc1ccc(C(CN2C(=O)c3ccccc3C2=O)C(=O)O)cc1. The van der Waals surface area contributed by atoms with E-state index in [1.165, 1.54) is 0 Å². The molecule has 2 amide bonds. The van der Waals surface area contributed by atoms with Gasteiger partial charge in [-0.25, -0.2) is 0 Å². The number of carboxylic acid groups (broad SMARTS) is 1. The molecular weight excluding hydrogens is 326 g/mol. The monoisotopic (exact) mass is 341 g/mol. The fraction of sp³-hybridized carbons (Fsp3) is 0.167. The van der Waals surface area contributed by atoms with Gasteiger partial charge in [0.1, 0.15) is 0 Å². The Bertz CT molecular complexity index is 781. The van der Waals surface area contributed by atoms with E-state index < -0.39 is 23.7 Å². The largest absolute Gasteiger partial charge is 0.481 e. The van der Waals surface area contributed by atoms with E-state index in [4.69, 9.17) is 0 Å². The summed E-state index contributed by atoms with van der Waals surface area (Å²) in [6.45, 7) is -0.180. The smallest absolute Gasteiger partial charge is 0.312 e. The van der Waals surface area contributed by atoms with Crippen molar-refractivity contribution >= 4 is 29.5 Å². The highest BCUT2D eigenvalue weighted by Gasteiger charge is 2.38. The Labute approximate surface area is 143 Å². The third kappa shape index (κ3) is 2.80. The second-order valence-corrected chi connectivity index (χ2v) is 6.31. The Hall–Kier alpha value is -2.60. The number of amides is 2. The van der Waals surface area contributed by atoms with E-state index in [0.29, 0.717) is 16.7 Å². The predicted molar refractivity (Wildman–Crippen MR) is 90.4 cm³/mol. The van der Waals surface area contributed by atoms with Crippen LogP contribution in [0.3, 0.4) is 0 Å². The number of rotatable bonds is 5. The summed E-state index contributed by atoms with van der Waals surface area (Å²) in [5.74, 6) is -2.91. The van der Waals surface area contributed by atoms with Crippen LogP contribution in [0, 0.1) is 0 Å². The van der Waals surface area contributed by atoms with E-state index in [1.807, 2.05) is 18.4 Å². The van der Waals surface area contributed by atoms with Crippen molar-refractivity contribution < 1.29 is 19.5 Å². The number of carbonyl (C=O) groups excluding carboxylic acids is 2. The lowest BCUT2D eigenvalue weighted by molar-refractivity contribution is -0.138. The van der Waals surface area contributed by atoms with Crippen LogP contribution in [-0.2, 0) is 4.79 Å². The maximum absolute atomic E-state index is 12.4. The summed E-state index contributed by atoms with van der Waals surface area (Å²) in [4.78, 5) is 38.5. The first-order valence-electron chi connectivity index (χ1n) is 7.35. The van der Waals surface area contributed by atoms with Gasteiger partial charge in [-0.1, -0.05) is 24.3 Å². The van der Waals surface area contributed by atoms with Gasteiger partial charge in [0.15, 0.2) is 0 Å². The van der Waals surface area contributed by atoms with E-state index in [2.05, 4.69) is 0 Å². The summed E-state index contributed by atoms with van der Waals surface area (Å²) in [5, 5.41) is 9.55. The number of carboxylic acids is 1. The quantitative estimate of drug-likeness (QED) is 0.668. The average Bonchev–Trinajstić information content (AvgIpc) is 2.84. The Morgan fingerprint density at radius 1 is 1.04 bits per heavy atom. The van der Waals surface area contributed by atoms with Crippen molar-refractivity contribution in [3.05, 3.63) is 65.2 Å². The molecule has 122 valence electrons. The molecular formula is C18H15NO4S. The molecule has 1 aliphatic rings. The van der Waals surface area contributed by atoms with Gasteiger partial charge in [0.25, 0.3) is 11.8 Å². The molecule has 0 spiro atoms. The summed E-state index contributed by atoms with van der Waals surface area (Å²) < 4.78 is 0. The predicted octanol–water partition coefficient (Wildman–Crippen LogP) is 2.87. The molecule has 5 nitrogen and oxygen atoms in total. The second-order valence-electron chi connectivity index (χ2n) is 5.43. The van der Waals surface area contributed by atoms with Gasteiger partial charge in [0, 0.05) is 11.4 Å². The fourth-order valence-electron chi connectivity index (χ4n) is 2.75. The number of benzene rings is 2. The molecule has 1 heterocycles. The van der Waals surface area contributed by atoms with Crippen LogP contribution >= 0.6 is 11.8 Å². The lowest BCUT2D eigenvalue weighted by Crippen LogP contribution is -2.36. The van der Waals surface area contributed by atoms with Crippen LogP contribution in [-0.4, -0.2) is 40.6 Å². The van der Waals surface area contributed by atoms with Gasteiger partial charge in [-0.3, -0.25) is 19.3 Å². The molecule has 1 N–H and O–H groups in total. The van der Waals surface area contributed by atoms with Crippen LogP contribution in [0.25, 0.3) is 0 Å². The molecule has 2 aromatic rings. The number of imide groups is 1. The summed E-state index contributed by atoms with van der Waals surface area (Å²) in [6, 6.07) is 13.6. The topological polar surface area (TPSA) is 74.7 Å². The summed E-state index contributed by atoms with van der Waals surface area (Å²) in [6.07, 6.45) is 1.93. The molecule has 0 aromatic heterocycles. The summed E-state index contributed by atoms with van der Waals surface area (Å²) in [7, 11) is 0. The van der Waals surface area contributed by atoms with Crippen molar-refractivity contribution in [1.29, 1.82) is 0 Å². The standard InChI is InChI=1S/C18H15NO4S/c1-24-12-8-6-11(7-9-12)15(18(22)23)10-19-16(20)13-4-2-3-5-14(13)17(19)21/h2-9,15H,10H2,1H3,(H,22,23). The highest BCUT2D eigenvalue weighted by Crippen LogP contribution is 2.27. The zero-order valence-electron chi connectivity index (χ0n) is 12.9. The average molecular weight is 341 g/mol. The molecule has 0 fully saturated rings. The molecule has 6 heteroatoms. The maximum Gasteiger partial charge on any atom is 0.312 e. The van der Waals surface area contributed by atoms with Gasteiger partial charge in [0.05, 0.1) is 17.0 Å². The number of carbonyl (C=O) groups is 3. The van der Waals surface area contributed by atoms with Crippen LogP contribution in [0.15, 0.2) is 53.4 Å². The number of thioether (sulfide) groups is 1. The van der Waals surface area contributed by atoms with Gasteiger partial charge in [-0.2, -0.15) is 0 Å².